The molecule has 0 N–H and O–H groups in total. The first kappa shape index (κ1) is 7.44. The predicted molar refractivity (Wildman–Crippen MR) is 51.0 cm³/mol. The molecule has 0 spiro atoms. The van der Waals surface area contributed by atoms with Crippen molar-refractivity contribution in [2.24, 2.45) is 0 Å². The van der Waals surface area contributed by atoms with Crippen molar-refractivity contribution in [2.45, 2.75) is 6.92 Å². The standard InChI is InChI=1S/C10H7N3O/c1-6-2-3-8-7(4-6)12-10-9(14-8)5-11-13-10/h2-5H,1H3. The summed E-state index contributed by atoms with van der Waals surface area (Å²) in [5.74, 6) is 1.18. The van der Waals surface area contributed by atoms with Crippen LogP contribution in [0.4, 0.5) is 0 Å². The highest BCUT2D eigenvalue weighted by Gasteiger charge is 2.11. The van der Waals surface area contributed by atoms with E-state index in [0.29, 0.717) is 11.6 Å². The first-order valence-electron chi connectivity index (χ1n) is 4.31. The smallest absolute Gasteiger partial charge is 0.219 e. The lowest BCUT2D eigenvalue weighted by atomic mass is 10.2. The van der Waals surface area contributed by atoms with Crippen molar-refractivity contribution < 1.29 is 4.42 Å². The molecule has 0 bridgehead atoms. The van der Waals surface area contributed by atoms with Crippen LogP contribution in [-0.2, 0) is 0 Å². The Kier molecular flexibility index (Phi) is 1.33. The Hall–Kier alpha value is -1.97. The maximum atomic E-state index is 5.55. The summed E-state index contributed by atoms with van der Waals surface area (Å²) >= 11 is 0. The first-order valence-corrected chi connectivity index (χ1v) is 4.31. The summed E-state index contributed by atoms with van der Waals surface area (Å²) in [4.78, 5) is 4.33. The third-order valence-corrected chi connectivity index (χ3v) is 2.11. The Balaban J connectivity index is 2.47. The first-order chi connectivity index (χ1) is 6.83. The van der Waals surface area contributed by atoms with Crippen molar-refractivity contribution in [1.29, 1.82) is 0 Å². The molecule has 0 saturated heterocycles. The lowest BCUT2D eigenvalue weighted by Gasteiger charge is -2.00. The van der Waals surface area contributed by atoms with Gasteiger partial charge in [0.05, 0.1) is 6.20 Å². The van der Waals surface area contributed by atoms with E-state index in [4.69, 9.17) is 4.42 Å². The van der Waals surface area contributed by atoms with Crippen LogP contribution in [0.3, 0.4) is 0 Å². The minimum Gasteiger partial charge on any atom is -0.449 e. The topological polar surface area (TPSA) is 51.8 Å². The highest BCUT2D eigenvalue weighted by atomic mass is 16.3. The zero-order chi connectivity index (χ0) is 9.54. The Morgan fingerprint density at radius 3 is 3.14 bits per heavy atom. The SMILES string of the molecule is Cc1ccc2oc3cnnc-3nc2c1. The molecular formula is C10H7N3O. The average molecular weight is 185 g/mol. The van der Waals surface area contributed by atoms with E-state index in [1.54, 1.807) is 6.20 Å². The van der Waals surface area contributed by atoms with Crippen molar-refractivity contribution in [3.8, 4) is 11.6 Å². The van der Waals surface area contributed by atoms with Crippen LogP contribution in [0.15, 0.2) is 28.8 Å². The molecule has 1 aromatic rings. The molecule has 4 heteroatoms. The van der Waals surface area contributed by atoms with E-state index in [0.717, 1.165) is 16.7 Å². The second-order valence-corrected chi connectivity index (χ2v) is 3.22. The number of benzene rings is 1. The summed E-state index contributed by atoms with van der Waals surface area (Å²) in [5.41, 5.74) is 2.73. The zero-order valence-corrected chi connectivity index (χ0v) is 7.56. The van der Waals surface area contributed by atoms with Gasteiger partial charge in [-0.05, 0) is 24.6 Å². The monoisotopic (exact) mass is 185 g/mol. The number of hydrogen-bond donors (Lipinski definition) is 0. The average Bonchev–Trinajstić information content (AvgIpc) is 2.61. The normalized spacial score (nSPS) is 11.2. The van der Waals surface area contributed by atoms with Crippen LogP contribution in [0, 0.1) is 6.92 Å². The largest absolute Gasteiger partial charge is 0.449 e. The number of aromatic nitrogens is 3. The van der Waals surface area contributed by atoms with E-state index in [1.807, 2.05) is 25.1 Å². The van der Waals surface area contributed by atoms with Crippen molar-refractivity contribution in [3.05, 3.63) is 30.0 Å². The van der Waals surface area contributed by atoms with Gasteiger partial charge in [-0.1, -0.05) is 6.07 Å². The van der Waals surface area contributed by atoms with Crippen molar-refractivity contribution in [1.82, 2.24) is 15.2 Å². The third-order valence-electron chi connectivity index (χ3n) is 2.11. The molecule has 2 heterocycles. The van der Waals surface area contributed by atoms with E-state index in [-0.39, 0.29) is 0 Å². The zero-order valence-electron chi connectivity index (χ0n) is 7.56. The van der Waals surface area contributed by atoms with Gasteiger partial charge in [0.25, 0.3) is 0 Å². The van der Waals surface area contributed by atoms with Crippen LogP contribution >= 0.6 is 0 Å². The highest BCUT2D eigenvalue weighted by Crippen LogP contribution is 2.22. The molecule has 3 rings (SSSR count). The minimum atomic E-state index is 0.558. The molecule has 1 aromatic carbocycles. The van der Waals surface area contributed by atoms with Crippen LogP contribution in [0.2, 0.25) is 0 Å². The van der Waals surface area contributed by atoms with E-state index in [2.05, 4.69) is 15.2 Å². The Morgan fingerprint density at radius 1 is 1.29 bits per heavy atom. The number of rotatable bonds is 0. The summed E-state index contributed by atoms with van der Waals surface area (Å²) in [7, 11) is 0. The number of fused-ring (bicyclic) bond motifs is 2. The fourth-order valence-electron chi connectivity index (χ4n) is 1.43. The highest BCUT2D eigenvalue weighted by molar-refractivity contribution is 5.75. The van der Waals surface area contributed by atoms with Crippen LogP contribution in [0.25, 0.3) is 22.7 Å². The number of aryl methyl sites for hydroxylation is 1. The molecule has 0 aromatic heterocycles. The van der Waals surface area contributed by atoms with Gasteiger partial charge in [0.2, 0.25) is 5.82 Å². The molecule has 0 amide bonds. The molecule has 68 valence electrons. The van der Waals surface area contributed by atoms with Gasteiger partial charge in [-0.15, -0.1) is 5.10 Å². The van der Waals surface area contributed by atoms with Gasteiger partial charge < -0.3 is 4.42 Å². The van der Waals surface area contributed by atoms with Gasteiger partial charge in [-0.2, -0.15) is 5.10 Å². The van der Waals surface area contributed by atoms with Crippen LogP contribution in [0.1, 0.15) is 5.56 Å². The van der Waals surface area contributed by atoms with Crippen molar-refractivity contribution in [2.75, 3.05) is 0 Å². The Labute approximate surface area is 79.9 Å². The number of nitrogens with zero attached hydrogens (tertiary/aromatic N) is 3. The van der Waals surface area contributed by atoms with Gasteiger partial charge in [0.1, 0.15) is 5.52 Å². The molecule has 2 aliphatic heterocycles. The lowest BCUT2D eigenvalue weighted by molar-refractivity contribution is 0.613. The fraction of sp³-hybridized carbons (Fsp3) is 0.100. The van der Waals surface area contributed by atoms with Gasteiger partial charge >= 0.3 is 0 Å². The van der Waals surface area contributed by atoms with E-state index in [1.165, 1.54) is 0 Å². The number of hydrogen-bond acceptors (Lipinski definition) is 4. The molecular weight excluding hydrogens is 178 g/mol. The van der Waals surface area contributed by atoms with Crippen LogP contribution in [0.5, 0.6) is 0 Å². The molecule has 0 radical (unpaired) electrons. The van der Waals surface area contributed by atoms with Gasteiger partial charge in [-0.25, -0.2) is 4.98 Å². The Bertz CT molecular complexity index is 573. The summed E-state index contributed by atoms with van der Waals surface area (Å²) in [6.07, 6.45) is 1.57. The summed E-state index contributed by atoms with van der Waals surface area (Å²) in [5, 5.41) is 7.58. The van der Waals surface area contributed by atoms with Crippen LogP contribution < -0.4 is 0 Å². The van der Waals surface area contributed by atoms with E-state index < -0.39 is 0 Å². The molecule has 2 aliphatic rings. The molecule has 0 aliphatic carbocycles. The lowest BCUT2D eigenvalue weighted by Crippen LogP contribution is -1.86. The molecule has 14 heavy (non-hydrogen) atoms. The summed E-state index contributed by atoms with van der Waals surface area (Å²) in [6, 6.07) is 5.86. The second kappa shape index (κ2) is 2.51. The van der Waals surface area contributed by atoms with Crippen molar-refractivity contribution >= 4 is 11.1 Å². The molecule has 0 saturated carbocycles. The molecule has 0 unspecified atom stereocenters. The van der Waals surface area contributed by atoms with Gasteiger partial charge in [0.15, 0.2) is 11.3 Å². The molecule has 0 fully saturated rings. The molecule has 0 atom stereocenters. The van der Waals surface area contributed by atoms with Crippen LogP contribution in [-0.4, -0.2) is 15.2 Å². The summed E-state index contributed by atoms with van der Waals surface area (Å²) < 4.78 is 5.55. The maximum Gasteiger partial charge on any atom is 0.219 e. The summed E-state index contributed by atoms with van der Waals surface area (Å²) in [6.45, 7) is 2.02. The van der Waals surface area contributed by atoms with E-state index >= 15 is 0 Å². The van der Waals surface area contributed by atoms with Crippen molar-refractivity contribution in [3.63, 3.8) is 0 Å². The van der Waals surface area contributed by atoms with E-state index in [9.17, 15) is 0 Å². The Morgan fingerprint density at radius 2 is 2.21 bits per heavy atom. The fourth-order valence-corrected chi connectivity index (χ4v) is 1.43. The van der Waals surface area contributed by atoms with Gasteiger partial charge in [-0.3, -0.25) is 0 Å². The third kappa shape index (κ3) is 0.970. The maximum absolute atomic E-state index is 5.55. The molecule has 4 nitrogen and oxygen atoms in total. The quantitative estimate of drug-likeness (QED) is 0.537. The minimum absolute atomic E-state index is 0.558. The van der Waals surface area contributed by atoms with Gasteiger partial charge in [0, 0.05) is 0 Å². The predicted octanol–water partition coefficient (Wildman–Crippen LogP) is 2.03. The second-order valence-electron chi connectivity index (χ2n) is 3.22.